The van der Waals surface area contributed by atoms with Crippen molar-refractivity contribution in [1.82, 2.24) is 10.2 Å². The highest BCUT2D eigenvalue weighted by Crippen LogP contribution is 2.02. The van der Waals surface area contributed by atoms with Gasteiger partial charge in [-0.05, 0) is 12.8 Å². The smallest absolute Gasteiger partial charge is 0.337 e. The van der Waals surface area contributed by atoms with Crippen LogP contribution in [0.4, 0.5) is 4.79 Å². The molecule has 0 heterocycles. The lowest BCUT2D eigenvalue weighted by Crippen LogP contribution is -2.49. The predicted molar refractivity (Wildman–Crippen MR) is 59.1 cm³/mol. The Hall–Kier alpha value is -1.30. The number of amides is 2. The SMILES string of the molecule is CC(C)CN(C)C(=O)NCC(C)(O)C(=O)O. The van der Waals surface area contributed by atoms with Crippen molar-refractivity contribution in [3.05, 3.63) is 0 Å². The topological polar surface area (TPSA) is 89.9 Å². The molecule has 0 aliphatic carbocycles. The van der Waals surface area contributed by atoms with E-state index in [1.54, 1.807) is 7.05 Å². The largest absolute Gasteiger partial charge is 0.479 e. The highest BCUT2D eigenvalue weighted by Gasteiger charge is 2.30. The summed E-state index contributed by atoms with van der Waals surface area (Å²) >= 11 is 0. The number of hydrogen-bond donors (Lipinski definition) is 3. The minimum absolute atomic E-state index is 0.316. The van der Waals surface area contributed by atoms with Crippen molar-refractivity contribution < 1.29 is 19.8 Å². The third kappa shape index (κ3) is 4.97. The van der Waals surface area contributed by atoms with Crippen LogP contribution in [0.1, 0.15) is 20.8 Å². The maximum absolute atomic E-state index is 11.5. The van der Waals surface area contributed by atoms with Crippen molar-refractivity contribution in [2.24, 2.45) is 5.92 Å². The van der Waals surface area contributed by atoms with Crippen molar-refractivity contribution in [2.45, 2.75) is 26.4 Å². The highest BCUT2D eigenvalue weighted by molar-refractivity contribution is 5.79. The van der Waals surface area contributed by atoms with Crippen molar-refractivity contribution in [2.75, 3.05) is 20.1 Å². The Morgan fingerprint density at radius 1 is 1.44 bits per heavy atom. The van der Waals surface area contributed by atoms with Gasteiger partial charge in [-0.3, -0.25) is 0 Å². The number of carbonyl (C=O) groups is 2. The zero-order valence-electron chi connectivity index (χ0n) is 10.1. The van der Waals surface area contributed by atoms with Gasteiger partial charge in [0, 0.05) is 13.6 Å². The van der Waals surface area contributed by atoms with Gasteiger partial charge in [0.1, 0.15) is 0 Å². The summed E-state index contributed by atoms with van der Waals surface area (Å²) in [6.45, 7) is 5.33. The molecule has 6 nitrogen and oxygen atoms in total. The first kappa shape index (κ1) is 14.7. The fourth-order valence-corrected chi connectivity index (χ4v) is 1.09. The third-order valence-electron chi connectivity index (χ3n) is 2.03. The normalized spacial score (nSPS) is 14.4. The van der Waals surface area contributed by atoms with E-state index >= 15 is 0 Å². The maximum Gasteiger partial charge on any atom is 0.337 e. The molecule has 0 aliphatic rings. The molecule has 16 heavy (non-hydrogen) atoms. The Morgan fingerprint density at radius 3 is 2.31 bits per heavy atom. The van der Waals surface area contributed by atoms with Crippen LogP contribution in [-0.2, 0) is 4.79 Å². The van der Waals surface area contributed by atoms with Gasteiger partial charge in [0.15, 0.2) is 5.60 Å². The molecule has 0 saturated heterocycles. The second-order valence-corrected chi connectivity index (χ2v) is 4.51. The molecular formula is C10H20N2O4. The second-order valence-electron chi connectivity index (χ2n) is 4.51. The Labute approximate surface area is 95.2 Å². The summed E-state index contributed by atoms with van der Waals surface area (Å²) in [5, 5.41) is 20.4. The van der Waals surface area contributed by atoms with Crippen LogP contribution >= 0.6 is 0 Å². The average Bonchev–Trinajstić information content (AvgIpc) is 2.12. The fraction of sp³-hybridized carbons (Fsp3) is 0.800. The van der Waals surface area contributed by atoms with Gasteiger partial charge in [-0.1, -0.05) is 13.8 Å². The molecule has 0 aliphatic heterocycles. The van der Waals surface area contributed by atoms with Crippen molar-refractivity contribution >= 4 is 12.0 Å². The number of aliphatic carboxylic acids is 1. The van der Waals surface area contributed by atoms with Crippen LogP contribution < -0.4 is 5.32 Å². The number of nitrogens with zero attached hydrogens (tertiary/aromatic N) is 1. The molecule has 0 bridgehead atoms. The molecule has 0 rings (SSSR count). The first-order chi connectivity index (χ1) is 7.16. The van der Waals surface area contributed by atoms with Crippen LogP contribution in [0.15, 0.2) is 0 Å². The van der Waals surface area contributed by atoms with E-state index in [1.807, 2.05) is 13.8 Å². The molecular weight excluding hydrogens is 212 g/mol. The van der Waals surface area contributed by atoms with Crippen LogP contribution in [-0.4, -0.2) is 52.9 Å². The minimum Gasteiger partial charge on any atom is -0.479 e. The molecule has 3 N–H and O–H groups in total. The number of rotatable bonds is 5. The number of nitrogens with one attached hydrogen (secondary N) is 1. The molecule has 94 valence electrons. The quantitative estimate of drug-likeness (QED) is 0.628. The average molecular weight is 232 g/mol. The number of urea groups is 1. The summed E-state index contributed by atoms with van der Waals surface area (Å²) < 4.78 is 0. The number of carboxylic acids is 1. The molecule has 0 spiro atoms. The molecule has 2 amide bonds. The van der Waals surface area contributed by atoms with Crippen LogP contribution in [0.3, 0.4) is 0 Å². The van der Waals surface area contributed by atoms with Crippen molar-refractivity contribution in [3.8, 4) is 0 Å². The van der Waals surface area contributed by atoms with Gasteiger partial charge in [0.25, 0.3) is 0 Å². The van der Waals surface area contributed by atoms with E-state index in [9.17, 15) is 14.7 Å². The van der Waals surface area contributed by atoms with Gasteiger partial charge < -0.3 is 20.4 Å². The maximum atomic E-state index is 11.5. The number of carboxylic acid groups (broad SMARTS) is 1. The third-order valence-corrected chi connectivity index (χ3v) is 2.03. The van der Waals surface area contributed by atoms with Gasteiger partial charge in [-0.15, -0.1) is 0 Å². The summed E-state index contributed by atoms with van der Waals surface area (Å²) in [5.74, 6) is -1.03. The van der Waals surface area contributed by atoms with Crippen molar-refractivity contribution in [1.29, 1.82) is 0 Å². The zero-order chi connectivity index (χ0) is 12.9. The molecule has 1 atom stereocenters. The van der Waals surface area contributed by atoms with Crippen LogP contribution in [0.2, 0.25) is 0 Å². The van der Waals surface area contributed by atoms with E-state index in [0.717, 1.165) is 6.92 Å². The second kappa shape index (κ2) is 5.69. The lowest BCUT2D eigenvalue weighted by atomic mass is 10.1. The Bertz CT molecular complexity index is 264. The molecule has 0 fully saturated rings. The predicted octanol–water partition coefficient (Wildman–Crippen LogP) is 0.119. The number of carbonyl (C=O) groups excluding carboxylic acids is 1. The Morgan fingerprint density at radius 2 is 1.94 bits per heavy atom. The fourth-order valence-electron chi connectivity index (χ4n) is 1.09. The molecule has 0 aromatic rings. The standard InChI is InChI=1S/C10H20N2O4/c1-7(2)5-12(4)9(15)11-6-10(3,16)8(13)14/h7,16H,5-6H2,1-4H3,(H,11,15)(H,13,14). The number of aliphatic hydroxyl groups is 1. The lowest BCUT2D eigenvalue weighted by Gasteiger charge is -2.23. The lowest BCUT2D eigenvalue weighted by molar-refractivity contribution is -0.155. The molecule has 0 aromatic carbocycles. The summed E-state index contributed by atoms with van der Waals surface area (Å²) in [6, 6.07) is -0.393. The van der Waals surface area contributed by atoms with Crippen molar-refractivity contribution in [3.63, 3.8) is 0 Å². The van der Waals surface area contributed by atoms with Gasteiger partial charge >= 0.3 is 12.0 Å². The van der Waals surface area contributed by atoms with E-state index in [1.165, 1.54) is 4.90 Å². The van der Waals surface area contributed by atoms with E-state index in [2.05, 4.69) is 5.32 Å². The van der Waals surface area contributed by atoms with Gasteiger partial charge in [0.05, 0.1) is 6.54 Å². The van der Waals surface area contributed by atoms with Gasteiger partial charge in [0.2, 0.25) is 0 Å². The van der Waals surface area contributed by atoms with Gasteiger partial charge in [-0.2, -0.15) is 0 Å². The van der Waals surface area contributed by atoms with E-state index in [0.29, 0.717) is 12.5 Å². The molecule has 6 heteroatoms. The van der Waals surface area contributed by atoms with Gasteiger partial charge in [-0.25, -0.2) is 9.59 Å². The molecule has 1 unspecified atom stereocenters. The first-order valence-corrected chi connectivity index (χ1v) is 5.11. The van der Waals surface area contributed by atoms with E-state index in [-0.39, 0.29) is 6.54 Å². The molecule has 0 saturated carbocycles. The first-order valence-electron chi connectivity index (χ1n) is 5.11. The van der Waals surface area contributed by atoms with Crippen LogP contribution in [0, 0.1) is 5.92 Å². The summed E-state index contributed by atoms with van der Waals surface area (Å²) in [6.07, 6.45) is 0. The molecule has 0 radical (unpaired) electrons. The van der Waals surface area contributed by atoms with Crippen LogP contribution in [0.25, 0.3) is 0 Å². The summed E-state index contributed by atoms with van der Waals surface area (Å²) in [7, 11) is 1.62. The monoisotopic (exact) mass is 232 g/mol. The number of hydrogen-bond acceptors (Lipinski definition) is 3. The highest BCUT2D eigenvalue weighted by atomic mass is 16.4. The van der Waals surface area contributed by atoms with E-state index in [4.69, 9.17) is 5.11 Å². The van der Waals surface area contributed by atoms with E-state index < -0.39 is 17.6 Å². The minimum atomic E-state index is -1.94. The van der Waals surface area contributed by atoms with Crippen LogP contribution in [0.5, 0.6) is 0 Å². The zero-order valence-corrected chi connectivity index (χ0v) is 10.1. The Balaban J connectivity index is 4.12. The molecule has 0 aromatic heterocycles. The summed E-state index contributed by atoms with van der Waals surface area (Å²) in [5.41, 5.74) is -1.94. The summed E-state index contributed by atoms with van der Waals surface area (Å²) in [4.78, 5) is 23.5. The Kier molecular flexibility index (Phi) is 5.23.